The molecule has 0 amide bonds. The minimum Gasteiger partial charge on any atom is -0.488 e. The Labute approximate surface area is 118 Å². The van der Waals surface area contributed by atoms with E-state index in [1.165, 1.54) is 0 Å². The van der Waals surface area contributed by atoms with Crippen LogP contribution in [0, 0.1) is 0 Å². The summed E-state index contributed by atoms with van der Waals surface area (Å²) < 4.78 is 6.49. The summed E-state index contributed by atoms with van der Waals surface area (Å²) >= 11 is 9.25. The van der Waals surface area contributed by atoms with Crippen molar-refractivity contribution in [3.8, 4) is 5.75 Å². The number of hydrogen-bond donors (Lipinski definition) is 2. The van der Waals surface area contributed by atoms with Gasteiger partial charge in [0.25, 0.3) is 0 Å². The highest BCUT2D eigenvalue weighted by Gasteiger charge is 2.05. The average molecular weight is 329 g/mol. The zero-order chi connectivity index (χ0) is 13.0. The molecule has 18 heavy (non-hydrogen) atoms. The summed E-state index contributed by atoms with van der Waals surface area (Å²) in [7, 11) is 0. The van der Waals surface area contributed by atoms with Crippen LogP contribution in [0.4, 0.5) is 5.82 Å². The van der Waals surface area contributed by atoms with Crippen molar-refractivity contribution < 1.29 is 4.74 Å². The fourth-order valence-electron chi connectivity index (χ4n) is 1.43. The van der Waals surface area contributed by atoms with Crippen molar-refractivity contribution in [2.24, 2.45) is 5.84 Å². The Kier molecular flexibility index (Phi) is 4.41. The molecule has 0 atom stereocenters. The van der Waals surface area contributed by atoms with E-state index in [2.05, 4.69) is 26.3 Å². The van der Waals surface area contributed by atoms with Gasteiger partial charge in [0, 0.05) is 16.8 Å². The molecule has 0 unspecified atom stereocenters. The lowest BCUT2D eigenvalue weighted by atomic mass is 10.2. The van der Waals surface area contributed by atoms with Crippen LogP contribution in [0.5, 0.6) is 5.75 Å². The van der Waals surface area contributed by atoms with Crippen molar-refractivity contribution in [3.05, 3.63) is 51.6 Å². The van der Waals surface area contributed by atoms with E-state index in [-0.39, 0.29) is 0 Å². The van der Waals surface area contributed by atoms with Gasteiger partial charge in [-0.1, -0.05) is 17.7 Å². The minimum absolute atomic E-state index is 0.369. The Morgan fingerprint density at radius 3 is 2.94 bits per heavy atom. The molecular formula is C12H11BrClN3O. The Morgan fingerprint density at radius 1 is 1.39 bits per heavy atom. The number of benzene rings is 1. The second-order valence-electron chi connectivity index (χ2n) is 3.52. The largest absolute Gasteiger partial charge is 0.488 e. The van der Waals surface area contributed by atoms with Gasteiger partial charge in [-0.3, -0.25) is 0 Å². The quantitative estimate of drug-likeness (QED) is 0.667. The highest BCUT2D eigenvalue weighted by molar-refractivity contribution is 9.10. The van der Waals surface area contributed by atoms with Crippen LogP contribution in [-0.4, -0.2) is 4.98 Å². The molecule has 2 rings (SSSR count). The van der Waals surface area contributed by atoms with Gasteiger partial charge in [0.15, 0.2) is 0 Å². The smallest absolute Gasteiger partial charge is 0.146 e. The summed E-state index contributed by atoms with van der Waals surface area (Å²) in [6.07, 6.45) is 1.66. The summed E-state index contributed by atoms with van der Waals surface area (Å²) in [6.45, 7) is 0.369. The molecule has 0 saturated carbocycles. The second-order valence-corrected chi connectivity index (χ2v) is 4.81. The van der Waals surface area contributed by atoms with Crippen LogP contribution in [0.3, 0.4) is 0 Å². The van der Waals surface area contributed by atoms with E-state index in [0.717, 1.165) is 10.0 Å². The summed E-state index contributed by atoms with van der Waals surface area (Å²) in [5, 5.41) is 0.653. The zero-order valence-electron chi connectivity index (χ0n) is 9.36. The maximum absolute atomic E-state index is 5.86. The topological polar surface area (TPSA) is 60.2 Å². The van der Waals surface area contributed by atoms with Crippen LogP contribution in [0.25, 0.3) is 0 Å². The monoisotopic (exact) mass is 327 g/mol. The Bertz CT molecular complexity index is 551. The van der Waals surface area contributed by atoms with E-state index >= 15 is 0 Å². The third kappa shape index (κ3) is 3.13. The number of hydrazine groups is 1. The number of hydrogen-bond acceptors (Lipinski definition) is 4. The summed E-state index contributed by atoms with van der Waals surface area (Å²) in [5.74, 6) is 6.69. The standard InChI is InChI=1S/C12H11BrClN3O/c13-10-6-9(14)3-4-11(10)18-7-8-2-1-5-16-12(8)17-15/h1-6H,7,15H2,(H,16,17). The molecular weight excluding hydrogens is 318 g/mol. The van der Waals surface area contributed by atoms with Crippen LogP contribution >= 0.6 is 27.5 Å². The molecule has 3 N–H and O–H groups in total. The average Bonchev–Trinajstić information content (AvgIpc) is 2.38. The van der Waals surface area contributed by atoms with Gasteiger partial charge in [0.1, 0.15) is 18.2 Å². The van der Waals surface area contributed by atoms with Gasteiger partial charge in [-0.15, -0.1) is 0 Å². The predicted octanol–water partition coefficient (Wildman–Crippen LogP) is 3.36. The zero-order valence-corrected chi connectivity index (χ0v) is 11.7. The van der Waals surface area contributed by atoms with Gasteiger partial charge in [0.2, 0.25) is 0 Å². The van der Waals surface area contributed by atoms with E-state index in [9.17, 15) is 0 Å². The summed E-state index contributed by atoms with van der Waals surface area (Å²) in [5.41, 5.74) is 3.41. The number of nitrogen functional groups attached to an aromatic ring is 1. The molecule has 6 heteroatoms. The van der Waals surface area contributed by atoms with Crippen molar-refractivity contribution in [3.63, 3.8) is 0 Å². The molecule has 0 aliphatic rings. The molecule has 0 bridgehead atoms. The molecule has 0 spiro atoms. The van der Waals surface area contributed by atoms with E-state index in [0.29, 0.717) is 23.2 Å². The van der Waals surface area contributed by atoms with Crippen molar-refractivity contribution in [2.75, 3.05) is 5.43 Å². The molecule has 0 saturated heterocycles. The van der Waals surface area contributed by atoms with Crippen molar-refractivity contribution in [1.29, 1.82) is 0 Å². The number of pyridine rings is 1. The first-order chi connectivity index (χ1) is 8.70. The Morgan fingerprint density at radius 2 is 2.22 bits per heavy atom. The van der Waals surface area contributed by atoms with Gasteiger partial charge in [-0.25, -0.2) is 10.8 Å². The lowest BCUT2D eigenvalue weighted by Crippen LogP contribution is -2.12. The lowest BCUT2D eigenvalue weighted by Gasteiger charge is -2.10. The molecule has 0 radical (unpaired) electrons. The molecule has 1 aromatic carbocycles. The fourth-order valence-corrected chi connectivity index (χ4v) is 2.23. The third-order valence-corrected chi connectivity index (χ3v) is 3.16. The lowest BCUT2D eigenvalue weighted by molar-refractivity contribution is 0.304. The molecule has 0 aliphatic heterocycles. The predicted molar refractivity (Wildman–Crippen MR) is 75.5 cm³/mol. The summed E-state index contributed by atoms with van der Waals surface area (Å²) in [4.78, 5) is 4.10. The number of halogens is 2. The second kappa shape index (κ2) is 6.04. The summed E-state index contributed by atoms with van der Waals surface area (Å²) in [6, 6.07) is 9.08. The van der Waals surface area contributed by atoms with E-state index in [4.69, 9.17) is 22.2 Å². The molecule has 0 aliphatic carbocycles. The molecule has 2 aromatic rings. The van der Waals surface area contributed by atoms with Crippen LogP contribution in [0.2, 0.25) is 5.02 Å². The highest BCUT2D eigenvalue weighted by atomic mass is 79.9. The number of rotatable bonds is 4. The first kappa shape index (κ1) is 13.1. The van der Waals surface area contributed by atoms with Crippen LogP contribution in [0.15, 0.2) is 41.0 Å². The number of aromatic nitrogens is 1. The van der Waals surface area contributed by atoms with Crippen molar-refractivity contribution >= 4 is 33.3 Å². The van der Waals surface area contributed by atoms with Gasteiger partial charge in [0.05, 0.1) is 4.47 Å². The minimum atomic E-state index is 0.369. The maximum Gasteiger partial charge on any atom is 0.146 e. The van der Waals surface area contributed by atoms with E-state index in [1.807, 2.05) is 12.1 Å². The van der Waals surface area contributed by atoms with Crippen LogP contribution in [0.1, 0.15) is 5.56 Å². The van der Waals surface area contributed by atoms with Crippen LogP contribution in [-0.2, 0) is 6.61 Å². The molecule has 0 fully saturated rings. The number of anilines is 1. The number of nitrogens with zero attached hydrogens (tertiary/aromatic N) is 1. The molecule has 1 aromatic heterocycles. The van der Waals surface area contributed by atoms with Gasteiger partial charge in [-0.05, 0) is 40.2 Å². The fraction of sp³-hybridized carbons (Fsp3) is 0.0833. The first-order valence-corrected chi connectivity index (χ1v) is 6.36. The number of nitrogens with one attached hydrogen (secondary N) is 1. The van der Waals surface area contributed by atoms with Crippen molar-refractivity contribution in [1.82, 2.24) is 4.98 Å². The van der Waals surface area contributed by atoms with E-state index in [1.54, 1.807) is 24.4 Å². The number of nitrogens with two attached hydrogens (primary N) is 1. The molecule has 1 heterocycles. The van der Waals surface area contributed by atoms with Crippen molar-refractivity contribution in [2.45, 2.75) is 6.61 Å². The number of ether oxygens (including phenoxy) is 1. The maximum atomic E-state index is 5.86. The van der Waals surface area contributed by atoms with Gasteiger partial charge >= 0.3 is 0 Å². The molecule has 94 valence electrons. The first-order valence-electron chi connectivity index (χ1n) is 5.19. The third-order valence-electron chi connectivity index (χ3n) is 2.31. The normalized spacial score (nSPS) is 10.2. The highest BCUT2D eigenvalue weighted by Crippen LogP contribution is 2.29. The van der Waals surface area contributed by atoms with E-state index < -0.39 is 0 Å². The Balaban J connectivity index is 2.11. The van der Waals surface area contributed by atoms with Crippen LogP contribution < -0.4 is 16.0 Å². The Hall–Kier alpha value is -1.30. The molecule has 4 nitrogen and oxygen atoms in total. The SMILES string of the molecule is NNc1ncccc1COc1ccc(Cl)cc1Br. The van der Waals surface area contributed by atoms with Gasteiger partial charge < -0.3 is 10.2 Å². The van der Waals surface area contributed by atoms with Gasteiger partial charge in [-0.2, -0.15) is 0 Å².